The lowest BCUT2D eigenvalue weighted by atomic mass is 10.0. The van der Waals surface area contributed by atoms with Crippen molar-refractivity contribution in [2.24, 2.45) is 0 Å². The van der Waals surface area contributed by atoms with E-state index in [1.807, 2.05) is 19.1 Å². The minimum Gasteiger partial charge on any atom is -0.439 e. The lowest BCUT2D eigenvalue weighted by Gasteiger charge is -2.12. The quantitative estimate of drug-likeness (QED) is 0.767. The summed E-state index contributed by atoms with van der Waals surface area (Å²) in [6, 6.07) is 9.53. The summed E-state index contributed by atoms with van der Waals surface area (Å²) in [5.74, 6) is 1.67. The number of carbonyl (C=O) groups excluding carboxylic acids is 1. The van der Waals surface area contributed by atoms with E-state index in [-0.39, 0.29) is 5.78 Å². The highest BCUT2D eigenvalue weighted by Gasteiger charge is 2.08. The molecule has 104 valence electrons. The van der Waals surface area contributed by atoms with Gasteiger partial charge in [0.1, 0.15) is 5.75 Å². The van der Waals surface area contributed by atoms with Gasteiger partial charge in [0.05, 0.1) is 0 Å². The number of Topliss-reactive ketones (excluding diaryl/α,β-unsaturated/α-hetero) is 1. The molecule has 2 rings (SSSR count). The fraction of sp³-hybridized carbons (Fsp3) is 0.294. The van der Waals surface area contributed by atoms with Gasteiger partial charge in [-0.05, 0) is 43.0 Å². The molecular weight excluding hydrogens is 250 g/mol. The van der Waals surface area contributed by atoms with Crippen molar-refractivity contribution in [3.8, 4) is 11.6 Å². The maximum Gasteiger partial charge on any atom is 0.219 e. The van der Waals surface area contributed by atoms with Gasteiger partial charge in [0.2, 0.25) is 5.88 Å². The van der Waals surface area contributed by atoms with Gasteiger partial charge in [-0.15, -0.1) is 0 Å². The van der Waals surface area contributed by atoms with Crippen LogP contribution in [0.1, 0.15) is 48.2 Å². The first kappa shape index (κ1) is 14.3. The summed E-state index contributed by atoms with van der Waals surface area (Å²) in [5.41, 5.74) is 2.87. The molecule has 0 atom stereocenters. The number of carbonyl (C=O) groups is 1. The van der Waals surface area contributed by atoms with Crippen LogP contribution in [-0.4, -0.2) is 10.8 Å². The number of nitrogens with zero attached hydrogens (tertiary/aromatic N) is 1. The van der Waals surface area contributed by atoms with Gasteiger partial charge in [-0.3, -0.25) is 4.79 Å². The Morgan fingerprint density at radius 3 is 2.60 bits per heavy atom. The molecule has 0 aliphatic rings. The minimum atomic E-state index is 0.00454. The second-order valence-electron chi connectivity index (χ2n) is 5.22. The number of ketones is 1. The maximum atomic E-state index is 11.4. The molecule has 0 radical (unpaired) electrons. The number of benzene rings is 1. The standard InChI is InChI=1S/C17H19NO2/c1-11(2)14-6-5-12(3)16(9-14)20-17-10-15(13(4)19)7-8-18-17/h5-11H,1-4H3. The molecule has 3 heteroatoms. The smallest absolute Gasteiger partial charge is 0.219 e. The third kappa shape index (κ3) is 3.23. The lowest BCUT2D eigenvalue weighted by molar-refractivity contribution is 0.101. The van der Waals surface area contributed by atoms with Crippen LogP contribution in [0.4, 0.5) is 0 Å². The molecule has 0 spiro atoms. The predicted molar refractivity (Wildman–Crippen MR) is 79.6 cm³/mol. The Labute approximate surface area is 119 Å². The number of ether oxygens (including phenoxy) is 1. The van der Waals surface area contributed by atoms with Crippen LogP contribution in [0.5, 0.6) is 11.6 Å². The van der Waals surface area contributed by atoms with E-state index < -0.39 is 0 Å². The summed E-state index contributed by atoms with van der Waals surface area (Å²) in [6.07, 6.45) is 1.59. The van der Waals surface area contributed by atoms with Crippen molar-refractivity contribution in [3.05, 3.63) is 53.2 Å². The number of pyridine rings is 1. The second-order valence-corrected chi connectivity index (χ2v) is 5.22. The number of aromatic nitrogens is 1. The van der Waals surface area contributed by atoms with Crippen LogP contribution in [0.3, 0.4) is 0 Å². The van der Waals surface area contributed by atoms with Crippen molar-refractivity contribution < 1.29 is 9.53 Å². The average molecular weight is 269 g/mol. The summed E-state index contributed by atoms with van der Waals surface area (Å²) >= 11 is 0. The van der Waals surface area contributed by atoms with Crippen LogP contribution in [0.2, 0.25) is 0 Å². The second kappa shape index (κ2) is 5.87. The summed E-state index contributed by atoms with van der Waals surface area (Å²) in [7, 11) is 0. The number of aryl methyl sites for hydroxylation is 1. The van der Waals surface area contributed by atoms with E-state index in [1.54, 1.807) is 18.3 Å². The highest BCUT2D eigenvalue weighted by atomic mass is 16.5. The van der Waals surface area contributed by atoms with Crippen molar-refractivity contribution in [3.63, 3.8) is 0 Å². The molecule has 3 nitrogen and oxygen atoms in total. The van der Waals surface area contributed by atoms with E-state index in [2.05, 4.69) is 24.9 Å². The Morgan fingerprint density at radius 1 is 1.20 bits per heavy atom. The van der Waals surface area contributed by atoms with Crippen molar-refractivity contribution in [2.45, 2.75) is 33.6 Å². The lowest BCUT2D eigenvalue weighted by Crippen LogP contribution is -1.97. The molecular formula is C17H19NO2. The number of hydrogen-bond acceptors (Lipinski definition) is 3. The Morgan fingerprint density at radius 2 is 1.95 bits per heavy atom. The molecule has 0 N–H and O–H groups in total. The summed E-state index contributed by atoms with van der Waals surface area (Å²) in [6.45, 7) is 7.81. The van der Waals surface area contributed by atoms with Crippen molar-refractivity contribution in [1.29, 1.82) is 0 Å². The fourth-order valence-electron chi connectivity index (χ4n) is 1.88. The molecule has 0 aliphatic heterocycles. The third-order valence-corrected chi connectivity index (χ3v) is 3.23. The highest BCUT2D eigenvalue weighted by molar-refractivity contribution is 5.94. The molecule has 0 amide bonds. The van der Waals surface area contributed by atoms with Crippen molar-refractivity contribution >= 4 is 5.78 Å². The van der Waals surface area contributed by atoms with Crippen LogP contribution in [0.15, 0.2) is 36.5 Å². The molecule has 0 fully saturated rings. The first-order valence-electron chi connectivity index (χ1n) is 6.72. The van der Waals surface area contributed by atoms with Gasteiger partial charge >= 0.3 is 0 Å². The van der Waals surface area contributed by atoms with E-state index >= 15 is 0 Å². The molecule has 0 saturated carbocycles. The average Bonchev–Trinajstić information content (AvgIpc) is 2.41. The molecule has 0 saturated heterocycles. The van der Waals surface area contributed by atoms with Gasteiger partial charge in [0.25, 0.3) is 0 Å². The molecule has 0 unspecified atom stereocenters. The van der Waals surface area contributed by atoms with Crippen LogP contribution in [0.25, 0.3) is 0 Å². The predicted octanol–water partition coefficient (Wildman–Crippen LogP) is 4.51. The fourth-order valence-corrected chi connectivity index (χ4v) is 1.88. The third-order valence-electron chi connectivity index (χ3n) is 3.23. The molecule has 2 aromatic rings. The van der Waals surface area contributed by atoms with E-state index in [0.29, 0.717) is 17.4 Å². The Balaban J connectivity index is 2.32. The van der Waals surface area contributed by atoms with Gasteiger partial charge in [-0.2, -0.15) is 0 Å². The normalized spacial score (nSPS) is 10.7. The van der Waals surface area contributed by atoms with E-state index in [4.69, 9.17) is 4.74 Å². The monoisotopic (exact) mass is 269 g/mol. The Bertz CT molecular complexity index is 633. The van der Waals surface area contributed by atoms with Crippen LogP contribution in [-0.2, 0) is 0 Å². The molecule has 20 heavy (non-hydrogen) atoms. The van der Waals surface area contributed by atoms with Crippen LogP contribution >= 0.6 is 0 Å². The Hall–Kier alpha value is -2.16. The topological polar surface area (TPSA) is 39.2 Å². The van der Waals surface area contributed by atoms with Gasteiger partial charge in [-0.1, -0.05) is 26.0 Å². The largest absolute Gasteiger partial charge is 0.439 e. The number of hydrogen-bond donors (Lipinski definition) is 0. The van der Waals surface area contributed by atoms with E-state index in [0.717, 1.165) is 11.3 Å². The van der Waals surface area contributed by atoms with Gasteiger partial charge < -0.3 is 4.74 Å². The van der Waals surface area contributed by atoms with Crippen molar-refractivity contribution in [2.75, 3.05) is 0 Å². The van der Waals surface area contributed by atoms with Gasteiger partial charge in [-0.25, -0.2) is 4.98 Å². The number of rotatable bonds is 4. The summed E-state index contributed by atoms with van der Waals surface area (Å²) < 4.78 is 5.83. The summed E-state index contributed by atoms with van der Waals surface area (Å²) in [4.78, 5) is 15.5. The summed E-state index contributed by atoms with van der Waals surface area (Å²) in [5, 5.41) is 0. The maximum absolute atomic E-state index is 11.4. The van der Waals surface area contributed by atoms with E-state index in [9.17, 15) is 4.79 Å². The minimum absolute atomic E-state index is 0.00454. The molecule has 1 aromatic carbocycles. The molecule has 0 bridgehead atoms. The zero-order chi connectivity index (χ0) is 14.7. The van der Waals surface area contributed by atoms with Crippen LogP contribution in [0, 0.1) is 6.92 Å². The zero-order valence-corrected chi connectivity index (χ0v) is 12.3. The highest BCUT2D eigenvalue weighted by Crippen LogP contribution is 2.28. The van der Waals surface area contributed by atoms with Gasteiger partial charge in [0.15, 0.2) is 5.78 Å². The molecule has 1 aromatic heterocycles. The first-order chi connectivity index (χ1) is 9.47. The van der Waals surface area contributed by atoms with Gasteiger partial charge in [0, 0.05) is 17.8 Å². The molecule has 1 heterocycles. The Kier molecular flexibility index (Phi) is 4.18. The molecule has 0 aliphatic carbocycles. The first-order valence-corrected chi connectivity index (χ1v) is 6.72. The zero-order valence-electron chi connectivity index (χ0n) is 12.3. The van der Waals surface area contributed by atoms with E-state index in [1.165, 1.54) is 12.5 Å². The van der Waals surface area contributed by atoms with Crippen molar-refractivity contribution in [1.82, 2.24) is 4.98 Å². The van der Waals surface area contributed by atoms with Crippen LogP contribution < -0.4 is 4.74 Å². The SMILES string of the molecule is CC(=O)c1ccnc(Oc2cc(C(C)C)ccc2C)c1.